The zero-order valence-electron chi connectivity index (χ0n) is 11.5. The summed E-state index contributed by atoms with van der Waals surface area (Å²) in [5.74, 6) is 0.341. The number of carbonyl (C=O) groups excluding carboxylic acids is 1. The molecule has 0 bridgehead atoms. The maximum Gasteiger partial charge on any atom is 0.409 e. The summed E-state index contributed by atoms with van der Waals surface area (Å²) in [6.07, 6.45) is -0.148. The number of hydrogen-bond donors (Lipinski definition) is 0. The lowest BCUT2D eigenvalue weighted by Gasteiger charge is -2.16. The van der Waals surface area contributed by atoms with Crippen LogP contribution in [0, 0.1) is 5.92 Å². The Bertz CT molecular complexity index is 407. The Morgan fingerprint density at radius 3 is 2.74 bits per heavy atom. The van der Waals surface area contributed by atoms with Crippen LogP contribution in [0.4, 0.5) is 4.79 Å². The van der Waals surface area contributed by atoms with E-state index in [1.165, 1.54) is 0 Å². The number of likely N-dealkylation sites (tertiary alicyclic amines) is 1. The van der Waals surface area contributed by atoms with Crippen molar-refractivity contribution in [1.82, 2.24) is 4.90 Å². The third kappa shape index (κ3) is 3.70. The number of carbonyl (C=O) groups is 1. The molecule has 0 aliphatic carbocycles. The minimum absolute atomic E-state index is 0.0876. The van der Waals surface area contributed by atoms with Crippen LogP contribution in [0.25, 0.3) is 0 Å². The van der Waals surface area contributed by atoms with Gasteiger partial charge < -0.3 is 14.4 Å². The largest absolute Gasteiger partial charge is 0.450 e. The highest BCUT2D eigenvalue weighted by Gasteiger charge is 2.33. The average Bonchev–Trinajstić information content (AvgIpc) is 2.79. The molecule has 0 N–H and O–H groups in total. The van der Waals surface area contributed by atoms with Gasteiger partial charge >= 0.3 is 6.09 Å². The highest BCUT2D eigenvalue weighted by molar-refractivity contribution is 5.68. The van der Waals surface area contributed by atoms with Crippen LogP contribution in [0.2, 0.25) is 0 Å². The fourth-order valence-electron chi connectivity index (χ4n) is 2.30. The Hall–Kier alpha value is -1.55. The first-order chi connectivity index (χ1) is 9.20. The van der Waals surface area contributed by atoms with Gasteiger partial charge in [-0.1, -0.05) is 37.3 Å². The Morgan fingerprint density at radius 1 is 1.32 bits per heavy atom. The van der Waals surface area contributed by atoms with Crippen molar-refractivity contribution in [2.24, 2.45) is 5.92 Å². The van der Waals surface area contributed by atoms with Crippen molar-refractivity contribution in [2.75, 3.05) is 19.7 Å². The molecule has 1 amide bonds. The van der Waals surface area contributed by atoms with Gasteiger partial charge in [0.15, 0.2) is 0 Å². The second-order valence-electron chi connectivity index (χ2n) is 4.92. The van der Waals surface area contributed by atoms with E-state index in [-0.39, 0.29) is 12.2 Å². The molecule has 1 heterocycles. The molecular weight excluding hydrogens is 242 g/mol. The molecule has 0 saturated carbocycles. The summed E-state index contributed by atoms with van der Waals surface area (Å²) in [5.41, 5.74) is 1.16. The molecule has 2 atom stereocenters. The standard InChI is InChI=1S/C15H21NO3/c1-3-18-15(17)16-9-12(2)14(10-16)19-11-13-7-5-4-6-8-13/h4-8,12,14H,3,9-11H2,1-2H3. The maximum absolute atomic E-state index is 11.7. The van der Waals surface area contributed by atoms with Crippen molar-refractivity contribution in [2.45, 2.75) is 26.6 Å². The van der Waals surface area contributed by atoms with Gasteiger partial charge in [-0.05, 0) is 12.5 Å². The van der Waals surface area contributed by atoms with E-state index in [0.29, 0.717) is 32.2 Å². The first-order valence-corrected chi connectivity index (χ1v) is 6.78. The fourth-order valence-corrected chi connectivity index (χ4v) is 2.30. The highest BCUT2D eigenvalue weighted by atomic mass is 16.6. The molecule has 2 rings (SSSR count). The van der Waals surface area contributed by atoms with Crippen molar-refractivity contribution in [3.63, 3.8) is 0 Å². The first kappa shape index (κ1) is 13.9. The summed E-state index contributed by atoms with van der Waals surface area (Å²) in [6.45, 7) is 6.26. The van der Waals surface area contributed by atoms with Crippen LogP contribution in [-0.4, -0.2) is 36.8 Å². The molecule has 4 heteroatoms. The number of nitrogens with zero attached hydrogens (tertiary/aromatic N) is 1. The Balaban J connectivity index is 1.83. The van der Waals surface area contributed by atoms with Gasteiger partial charge in [-0.2, -0.15) is 0 Å². The molecule has 1 fully saturated rings. The van der Waals surface area contributed by atoms with Crippen molar-refractivity contribution in [3.05, 3.63) is 35.9 Å². The van der Waals surface area contributed by atoms with Gasteiger partial charge in [0.1, 0.15) is 0 Å². The van der Waals surface area contributed by atoms with Crippen molar-refractivity contribution in [1.29, 1.82) is 0 Å². The Kier molecular flexibility index (Phi) is 4.80. The predicted octanol–water partition coefficient (Wildman–Crippen LogP) is 2.68. The number of ether oxygens (including phenoxy) is 2. The van der Waals surface area contributed by atoms with Crippen LogP contribution < -0.4 is 0 Å². The molecule has 4 nitrogen and oxygen atoms in total. The second-order valence-corrected chi connectivity index (χ2v) is 4.92. The summed E-state index contributed by atoms with van der Waals surface area (Å²) in [7, 11) is 0. The lowest BCUT2D eigenvalue weighted by molar-refractivity contribution is 0.0255. The monoisotopic (exact) mass is 263 g/mol. The number of rotatable bonds is 4. The molecule has 1 aromatic carbocycles. The lowest BCUT2D eigenvalue weighted by Crippen LogP contribution is -2.30. The van der Waals surface area contributed by atoms with Crippen LogP contribution in [0.5, 0.6) is 0 Å². The predicted molar refractivity (Wildman–Crippen MR) is 72.8 cm³/mol. The molecule has 2 unspecified atom stereocenters. The molecule has 0 aromatic heterocycles. The smallest absolute Gasteiger partial charge is 0.409 e. The van der Waals surface area contributed by atoms with Gasteiger partial charge in [-0.15, -0.1) is 0 Å². The second kappa shape index (κ2) is 6.57. The quantitative estimate of drug-likeness (QED) is 0.838. The molecule has 0 radical (unpaired) electrons. The molecule has 1 aliphatic heterocycles. The third-order valence-corrected chi connectivity index (χ3v) is 3.38. The van der Waals surface area contributed by atoms with Crippen LogP contribution in [0.3, 0.4) is 0 Å². The zero-order valence-corrected chi connectivity index (χ0v) is 11.5. The minimum atomic E-state index is -0.236. The van der Waals surface area contributed by atoms with Gasteiger partial charge in [0, 0.05) is 12.5 Å². The summed E-state index contributed by atoms with van der Waals surface area (Å²) >= 11 is 0. The number of benzene rings is 1. The van der Waals surface area contributed by atoms with Crippen molar-refractivity contribution < 1.29 is 14.3 Å². The van der Waals surface area contributed by atoms with E-state index in [1.807, 2.05) is 37.3 Å². The zero-order chi connectivity index (χ0) is 13.7. The first-order valence-electron chi connectivity index (χ1n) is 6.78. The SMILES string of the molecule is CCOC(=O)N1CC(C)C(OCc2ccccc2)C1. The Labute approximate surface area is 114 Å². The maximum atomic E-state index is 11.7. The normalized spacial score (nSPS) is 22.5. The summed E-state index contributed by atoms with van der Waals surface area (Å²) < 4.78 is 10.9. The van der Waals surface area contributed by atoms with Crippen molar-refractivity contribution >= 4 is 6.09 Å². The van der Waals surface area contributed by atoms with Crippen molar-refractivity contribution in [3.8, 4) is 0 Å². The van der Waals surface area contributed by atoms with E-state index in [1.54, 1.807) is 4.90 Å². The highest BCUT2D eigenvalue weighted by Crippen LogP contribution is 2.21. The van der Waals surface area contributed by atoms with Crippen LogP contribution in [-0.2, 0) is 16.1 Å². The van der Waals surface area contributed by atoms with E-state index in [0.717, 1.165) is 5.56 Å². The average molecular weight is 263 g/mol. The molecular formula is C15H21NO3. The summed E-state index contributed by atoms with van der Waals surface area (Å²) in [6, 6.07) is 10.1. The number of hydrogen-bond acceptors (Lipinski definition) is 3. The molecule has 19 heavy (non-hydrogen) atoms. The van der Waals surface area contributed by atoms with Gasteiger partial charge in [-0.25, -0.2) is 4.79 Å². The van der Waals surface area contributed by atoms with E-state index >= 15 is 0 Å². The van der Waals surface area contributed by atoms with E-state index in [2.05, 4.69) is 6.92 Å². The molecule has 1 aromatic rings. The third-order valence-electron chi connectivity index (χ3n) is 3.38. The van der Waals surface area contributed by atoms with Gasteiger partial charge in [-0.3, -0.25) is 0 Å². The van der Waals surface area contributed by atoms with Gasteiger partial charge in [0.2, 0.25) is 0 Å². The summed E-state index contributed by atoms with van der Waals surface area (Å²) in [5, 5.41) is 0. The molecule has 1 aliphatic rings. The number of amides is 1. The molecule has 104 valence electrons. The Morgan fingerprint density at radius 2 is 2.05 bits per heavy atom. The van der Waals surface area contributed by atoms with Crippen LogP contribution in [0.1, 0.15) is 19.4 Å². The molecule has 0 spiro atoms. The summed E-state index contributed by atoms with van der Waals surface area (Å²) in [4.78, 5) is 13.4. The van der Waals surface area contributed by atoms with Gasteiger partial charge in [0.05, 0.1) is 25.9 Å². The fraction of sp³-hybridized carbons (Fsp3) is 0.533. The van der Waals surface area contributed by atoms with E-state index in [9.17, 15) is 4.79 Å². The van der Waals surface area contributed by atoms with E-state index < -0.39 is 0 Å². The topological polar surface area (TPSA) is 38.8 Å². The molecule has 1 saturated heterocycles. The lowest BCUT2D eigenvalue weighted by atomic mass is 10.1. The van der Waals surface area contributed by atoms with Crippen LogP contribution >= 0.6 is 0 Å². The van der Waals surface area contributed by atoms with Gasteiger partial charge in [0.25, 0.3) is 0 Å². The van der Waals surface area contributed by atoms with Crippen LogP contribution in [0.15, 0.2) is 30.3 Å². The minimum Gasteiger partial charge on any atom is -0.450 e. The van der Waals surface area contributed by atoms with E-state index in [4.69, 9.17) is 9.47 Å².